The molecule has 1 rings (SSSR count). The van der Waals surface area contributed by atoms with E-state index in [1.165, 1.54) is 6.07 Å². The summed E-state index contributed by atoms with van der Waals surface area (Å²) in [5.74, 6) is -0.495. The quantitative estimate of drug-likeness (QED) is 0.475. The highest BCUT2D eigenvalue weighted by molar-refractivity contribution is 5.79. The molecule has 4 nitrogen and oxygen atoms in total. The van der Waals surface area contributed by atoms with Gasteiger partial charge in [0.25, 0.3) is 0 Å². The van der Waals surface area contributed by atoms with Gasteiger partial charge in [0.2, 0.25) is 0 Å². The van der Waals surface area contributed by atoms with Crippen LogP contribution in [-0.4, -0.2) is 57.1 Å². The van der Waals surface area contributed by atoms with Crippen molar-refractivity contribution < 1.29 is 13.5 Å². The van der Waals surface area contributed by atoms with Gasteiger partial charge in [0, 0.05) is 34.3 Å². The number of halogens is 2. The van der Waals surface area contributed by atoms with E-state index in [1.54, 1.807) is 0 Å². The van der Waals surface area contributed by atoms with E-state index in [1.807, 2.05) is 38.0 Å². The second-order valence-corrected chi connectivity index (χ2v) is 4.39. The average Bonchev–Trinajstić information content (AvgIpc) is 2.30. The molecule has 0 aliphatic carbocycles. The van der Waals surface area contributed by atoms with Gasteiger partial charge in [0.05, 0.1) is 6.54 Å². The lowest BCUT2D eigenvalue weighted by Gasteiger charge is -2.22. The molecule has 0 radical (unpaired) electrons. The molecule has 19 heavy (non-hydrogen) atoms. The Kier molecular flexibility index (Phi) is 5.54. The number of ether oxygens (including phenoxy) is 1. The molecule has 6 heteroatoms. The van der Waals surface area contributed by atoms with Crippen LogP contribution in [0.4, 0.5) is 8.78 Å². The number of benzene rings is 1. The lowest BCUT2D eigenvalue weighted by atomic mass is 10.3. The lowest BCUT2D eigenvalue weighted by Crippen LogP contribution is -2.35. The van der Waals surface area contributed by atoms with E-state index >= 15 is 0 Å². The zero-order valence-electron chi connectivity index (χ0n) is 11.7. The predicted molar refractivity (Wildman–Crippen MR) is 71.5 cm³/mol. The fourth-order valence-corrected chi connectivity index (χ4v) is 1.58. The van der Waals surface area contributed by atoms with E-state index in [0.717, 1.165) is 18.1 Å². The molecule has 0 heterocycles. The van der Waals surface area contributed by atoms with Crippen LogP contribution in [0.5, 0.6) is 5.75 Å². The van der Waals surface area contributed by atoms with Gasteiger partial charge < -0.3 is 14.5 Å². The predicted octanol–water partition coefficient (Wildman–Crippen LogP) is 1.82. The highest BCUT2D eigenvalue weighted by Gasteiger charge is 2.05. The van der Waals surface area contributed by atoms with Gasteiger partial charge >= 0.3 is 0 Å². The first-order valence-corrected chi connectivity index (χ1v) is 5.88. The molecule has 0 bridgehead atoms. The van der Waals surface area contributed by atoms with Crippen molar-refractivity contribution in [1.29, 1.82) is 0 Å². The minimum absolute atomic E-state index is 0.0351. The molecule has 0 N–H and O–H groups in total. The number of aliphatic imine (C=N–C) groups is 1. The summed E-state index contributed by atoms with van der Waals surface area (Å²) in [6, 6.07) is 3.23. The molecule has 0 saturated heterocycles. The van der Waals surface area contributed by atoms with Crippen molar-refractivity contribution >= 4 is 5.96 Å². The number of hydrogen-bond donors (Lipinski definition) is 0. The topological polar surface area (TPSA) is 28.1 Å². The van der Waals surface area contributed by atoms with E-state index in [0.29, 0.717) is 6.54 Å². The minimum Gasteiger partial charge on any atom is -0.489 e. The Morgan fingerprint density at radius 2 is 1.79 bits per heavy atom. The maximum atomic E-state index is 13.3. The highest BCUT2D eigenvalue weighted by atomic mass is 19.1. The SMILES string of the molecule is CN(C)C(=NCCOc1ccc(F)cc1F)N(C)C. The number of rotatable bonds is 4. The molecule has 0 amide bonds. The summed E-state index contributed by atoms with van der Waals surface area (Å²) >= 11 is 0. The molecular weight excluding hydrogens is 252 g/mol. The fourth-order valence-electron chi connectivity index (χ4n) is 1.58. The van der Waals surface area contributed by atoms with Gasteiger partial charge in [-0.2, -0.15) is 0 Å². The van der Waals surface area contributed by atoms with Crippen LogP contribution in [0.2, 0.25) is 0 Å². The molecular formula is C13H19F2N3O. The zero-order chi connectivity index (χ0) is 14.4. The summed E-state index contributed by atoms with van der Waals surface area (Å²) < 4.78 is 31.2. The van der Waals surface area contributed by atoms with Crippen molar-refractivity contribution in [3.63, 3.8) is 0 Å². The summed E-state index contributed by atoms with van der Waals surface area (Å²) in [6.45, 7) is 0.621. The van der Waals surface area contributed by atoms with Gasteiger partial charge in [-0.15, -0.1) is 0 Å². The Morgan fingerprint density at radius 1 is 1.16 bits per heavy atom. The van der Waals surface area contributed by atoms with Gasteiger partial charge in [-0.05, 0) is 12.1 Å². The van der Waals surface area contributed by atoms with Gasteiger partial charge in [0.15, 0.2) is 17.5 Å². The summed E-state index contributed by atoms with van der Waals surface area (Å²) in [4.78, 5) is 8.08. The maximum absolute atomic E-state index is 13.3. The molecule has 0 fully saturated rings. The third-order valence-corrected chi connectivity index (χ3v) is 2.30. The standard InChI is InChI=1S/C13H19F2N3O/c1-17(2)13(18(3)4)16-7-8-19-12-6-5-10(14)9-11(12)15/h5-6,9H,7-8H2,1-4H3. The van der Waals surface area contributed by atoms with Gasteiger partial charge in [-0.3, -0.25) is 0 Å². The first-order chi connectivity index (χ1) is 8.91. The zero-order valence-corrected chi connectivity index (χ0v) is 11.7. The Labute approximate surface area is 112 Å². The number of nitrogens with zero attached hydrogens (tertiary/aromatic N) is 3. The van der Waals surface area contributed by atoms with E-state index in [-0.39, 0.29) is 12.4 Å². The van der Waals surface area contributed by atoms with E-state index in [4.69, 9.17) is 4.74 Å². The fraction of sp³-hybridized carbons (Fsp3) is 0.462. The number of guanidine groups is 1. The van der Waals surface area contributed by atoms with Gasteiger partial charge in [-0.25, -0.2) is 13.8 Å². The molecule has 106 valence electrons. The van der Waals surface area contributed by atoms with Crippen LogP contribution in [0.15, 0.2) is 23.2 Å². The van der Waals surface area contributed by atoms with Crippen molar-refractivity contribution in [2.24, 2.45) is 4.99 Å². The minimum atomic E-state index is -0.704. The second kappa shape index (κ2) is 6.92. The van der Waals surface area contributed by atoms with Crippen molar-refractivity contribution in [3.8, 4) is 5.75 Å². The Hall–Kier alpha value is -1.85. The Morgan fingerprint density at radius 3 is 2.32 bits per heavy atom. The van der Waals surface area contributed by atoms with Crippen LogP contribution < -0.4 is 4.74 Å². The molecule has 1 aromatic rings. The normalized spacial score (nSPS) is 10.0. The molecule has 0 atom stereocenters. The van der Waals surface area contributed by atoms with E-state index < -0.39 is 11.6 Å². The molecule has 0 aliphatic rings. The lowest BCUT2D eigenvalue weighted by molar-refractivity contribution is 0.309. The summed E-state index contributed by atoms with van der Waals surface area (Å²) in [5, 5.41) is 0. The summed E-state index contributed by atoms with van der Waals surface area (Å²) in [5.41, 5.74) is 0. The van der Waals surface area contributed by atoms with Crippen molar-refractivity contribution in [2.45, 2.75) is 0 Å². The Balaban J connectivity index is 2.52. The van der Waals surface area contributed by atoms with Crippen molar-refractivity contribution in [1.82, 2.24) is 9.80 Å². The third-order valence-electron chi connectivity index (χ3n) is 2.30. The first-order valence-electron chi connectivity index (χ1n) is 5.88. The average molecular weight is 271 g/mol. The third kappa shape index (κ3) is 4.73. The monoisotopic (exact) mass is 271 g/mol. The largest absolute Gasteiger partial charge is 0.489 e. The van der Waals surface area contributed by atoms with Crippen LogP contribution in [0, 0.1) is 11.6 Å². The second-order valence-electron chi connectivity index (χ2n) is 4.39. The summed E-state index contributed by atoms with van der Waals surface area (Å²) in [6.07, 6.45) is 0. The smallest absolute Gasteiger partial charge is 0.195 e. The van der Waals surface area contributed by atoms with Gasteiger partial charge in [0.1, 0.15) is 12.4 Å². The first kappa shape index (κ1) is 15.2. The molecule has 0 saturated carbocycles. The maximum Gasteiger partial charge on any atom is 0.195 e. The van der Waals surface area contributed by atoms with E-state index in [2.05, 4.69) is 4.99 Å². The Bertz CT molecular complexity index is 438. The molecule has 1 aromatic carbocycles. The number of hydrogen-bond acceptors (Lipinski definition) is 2. The van der Waals surface area contributed by atoms with Crippen molar-refractivity contribution in [3.05, 3.63) is 29.8 Å². The summed E-state index contributed by atoms with van der Waals surface area (Å²) in [7, 11) is 7.55. The van der Waals surface area contributed by atoms with Crippen molar-refractivity contribution in [2.75, 3.05) is 41.3 Å². The van der Waals surface area contributed by atoms with Crippen LogP contribution in [0.25, 0.3) is 0 Å². The van der Waals surface area contributed by atoms with Gasteiger partial charge in [-0.1, -0.05) is 0 Å². The molecule has 0 aromatic heterocycles. The highest BCUT2D eigenvalue weighted by Crippen LogP contribution is 2.17. The molecule has 0 unspecified atom stereocenters. The molecule has 0 aliphatic heterocycles. The van der Waals surface area contributed by atoms with Crippen LogP contribution in [-0.2, 0) is 0 Å². The van der Waals surface area contributed by atoms with E-state index in [9.17, 15) is 8.78 Å². The van der Waals surface area contributed by atoms with Crippen LogP contribution in [0.3, 0.4) is 0 Å². The van der Waals surface area contributed by atoms with Crippen LogP contribution >= 0.6 is 0 Å². The van der Waals surface area contributed by atoms with Crippen LogP contribution in [0.1, 0.15) is 0 Å². The molecule has 0 spiro atoms.